The zero-order chi connectivity index (χ0) is 9.26. The van der Waals surface area contributed by atoms with Crippen LogP contribution >= 0.6 is 0 Å². The predicted octanol–water partition coefficient (Wildman–Crippen LogP) is 2.52. The minimum Gasteiger partial charge on any atom is -0.325 e. The summed E-state index contributed by atoms with van der Waals surface area (Å²) < 4.78 is 0. The lowest BCUT2D eigenvalue weighted by Gasteiger charge is -2.05. The van der Waals surface area contributed by atoms with Crippen molar-refractivity contribution in [1.82, 2.24) is 0 Å². The van der Waals surface area contributed by atoms with Gasteiger partial charge in [-0.05, 0) is 18.1 Å². The molecule has 0 bridgehead atoms. The van der Waals surface area contributed by atoms with Gasteiger partial charge in [0.25, 0.3) is 0 Å². The molecule has 1 heterocycles. The largest absolute Gasteiger partial charge is 0.325 e. The highest BCUT2D eigenvalue weighted by atomic mass is 16.2. The molecule has 1 atom stereocenters. The fourth-order valence-electron chi connectivity index (χ4n) is 1.85. The van der Waals surface area contributed by atoms with Crippen LogP contribution in [0.25, 0.3) is 0 Å². The highest BCUT2D eigenvalue weighted by molar-refractivity contribution is 6.02. The van der Waals surface area contributed by atoms with Gasteiger partial charge in [0.2, 0.25) is 5.91 Å². The zero-order valence-corrected chi connectivity index (χ0v) is 7.71. The summed E-state index contributed by atoms with van der Waals surface area (Å²) in [5, 5.41) is 2.89. The van der Waals surface area contributed by atoms with Gasteiger partial charge < -0.3 is 5.32 Å². The topological polar surface area (TPSA) is 29.1 Å². The molecule has 0 saturated heterocycles. The van der Waals surface area contributed by atoms with Gasteiger partial charge in [0.15, 0.2) is 0 Å². The molecule has 1 aromatic carbocycles. The standard InChI is InChI=1S/C11H13NO/c1-2-5-9-8-6-3-4-7-10(8)12-11(9)13/h3-4,6-7,9H,2,5H2,1H3,(H,12,13). The molecule has 0 radical (unpaired) electrons. The van der Waals surface area contributed by atoms with E-state index in [2.05, 4.69) is 12.2 Å². The van der Waals surface area contributed by atoms with Gasteiger partial charge in [-0.3, -0.25) is 4.79 Å². The fraction of sp³-hybridized carbons (Fsp3) is 0.364. The maximum absolute atomic E-state index is 11.5. The molecule has 1 N–H and O–H groups in total. The molecule has 2 rings (SSSR count). The Bertz CT molecular complexity index is 333. The summed E-state index contributed by atoms with van der Waals surface area (Å²) in [6.07, 6.45) is 2.00. The number of hydrogen-bond acceptors (Lipinski definition) is 1. The van der Waals surface area contributed by atoms with E-state index in [1.807, 2.05) is 24.3 Å². The number of carbonyl (C=O) groups excluding carboxylic acids is 1. The first-order chi connectivity index (χ1) is 6.33. The van der Waals surface area contributed by atoms with E-state index in [9.17, 15) is 4.79 Å². The first-order valence-electron chi connectivity index (χ1n) is 4.72. The summed E-state index contributed by atoms with van der Waals surface area (Å²) >= 11 is 0. The number of carbonyl (C=O) groups is 1. The molecule has 0 fully saturated rings. The highest BCUT2D eigenvalue weighted by Crippen LogP contribution is 2.34. The quantitative estimate of drug-likeness (QED) is 0.735. The molecule has 0 aromatic heterocycles. The van der Waals surface area contributed by atoms with Gasteiger partial charge in [0.05, 0.1) is 5.92 Å². The summed E-state index contributed by atoms with van der Waals surface area (Å²) in [4.78, 5) is 11.5. The highest BCUT2D eigenvalue weighted by Gasteiger charge is 2.28. The van der Waals surface area contributed by atoms with E-state index in [4.69, 9.17) is 0 Å². The molecule has 1 aromatic rings. The maximum Gasteiger partial charge on any atom is 0.232 e. The first kappa shape index (κ1) is 8.30. The molecule has 1 unspecified atom stereocenters. The van der Waals surface area contributed by atoms with Crippen LogP contribution in [0.2, 0.25) is 0 Å². The van der Waals surface area contributed by atoms with E-state index < -0.39 is 0 Å². The molecule has 2 heteroatoms. The fourth-order valence-corrected chi connectivity index (χ4v) is 1.85. The Labute approximate surface area is 78.0 Å². The van der Waals surface area contributed by atoms with Crippen LogP contribution in [0.3, 0.4) is 0 Å². The minimum absolute atomic E-state index is 0.0844. The Morgan fingerprint density at radius 3 is 2.92 bits per heavy atom. The van der Waals surface area contributed by atoms with Crippen molar-refractivity contribution < 1.29 is 4.79 Å². The van der Waals surface area contributed by atoms with E-state index in [-0.39, 0.29) is 11.8 Å². The van der Waals surface area contributed by atoms with Gasteiger partial charge >= 0.3 is 0 Å². The Morgan fingerprint density at radius 2 is 2.15 bits per heavy atom. The first-order valence-corrected chi connectivity index (χ1v) is 4.72. The summed E-state index contributed by atoms with van der Waals surface area (Å²) in [6, 6.07) is 7.94. The van der Waals surface area contributed by atoms with E-state index in [1.54, 1.807) is 0 Å². The number of amides is 1. The molecule has 2 nitrogen and oxygen atoms in total. The monoisotopic (exact) mass is 175 g/mol. The molecule has 0 spiro atoms. The van der Waals surface area contributed by atoms with Crippen molar-refractivity contribution in [2.45, 2.75) is 25.7 Å². The summed E-state index contributed by atoms with van der Waals surface area (Å²) in [7, 11) is 0. The second-order valence-electron chi connectivity index (χ2n) is 3.42. The molecule has 1 aliphatic heterocycles. The number of fused-ring (bicyclic) bond motifs is 1. The second-order valence-corrected chi connectivity index (χ2v) is 3.42. The Kier molecular flexibility index (Phi) is 2.05. The lowest BCUT2D eigenvalue weighted by atomic mass is 9.96. The van der Waals surface area contributed by atoms with Crippen molar-refractivity contribution in [1.29, 1.82) is 0 Å². The van der Waals surface area contributed by atoms with E-state index >= 15 is 0 Å². The molecule has 68 valence electrons. The molecule has 0 aliphatic carbocycles. The number of benzene rings is 1. The summed E-state index contributed by atoms with van der Waals surface area (Å²) in [5.41, 5.74) is 2.15. The lowest BCUT2D eigenvalue weighted by Crippen LogP contribution is -2.11. The lowest BCUT2D eigenvalue weighted by molar-refractivity contribution is -0.117. The van der Waals surface area contributed by atoms with E-state index in [1.165, 1.54) is 0 Å². The number of hydrogen-bond donors (Lipinski definition) is 1. The van der Waals surface area contributed by atoms with Gasteiger partial charge in [-0.1, -0.05) is 31.5 Å². The number of para-hydroxylation sites is 1. The SMILES string of the molecule is CCCC1C(=O)Nc2ccccc21. The maximum atomic E-state index is 11.5. The van der Waals surface area contributed by atoms with Crippen molar-refractivity contribution in [3.63, 3.8) is 0 Å². The second kappa shape index (κ2) is 3.21. The Morgan fingerprint density at radius 1 is 1.38 bits per heavy atom. The molecular weight excluding hydrogens is 162 g/mol. The molecular formula is C11H13NO. The normalized spacial score (nSPS) is 19.8. The van der Waals surface area contributed by atoms with Crippen LogP contribution < -0.4 is 5.32 Å². The average molecular weight is 175 g/mol. The number of rotatable bonds is 2. The molecule has 1 aliphatic rings. The van der Waals surface area contributed by atoms with Gasteiger partial charge in [-0.15, -0.1) is 0 Å². The summed E-state index contributed by atoms with van der Waals surface area (Å²) in [6.45, 7) is 2.11. The van der Waals surface area contributed by atoms with E-state index in [0.717, 1.165) is 24.1 Å². The van der Waals surface area contributed by atoms with Crippen LogP contribution in [0.15, 0.2) is 24.3 Å². The van der Waals surface area contributed by atoms with Crippen molar-refractivity contribution >= 4 is 11.6 Å². The van der Waals surface area contributed by atoms with Crippen molar-refractivity contribution in [2.24, 2.45) is 0 Å². The number of anilines is 1. The van der Waals surface area contributed by atoms with Crippen LogP contribution in [0.5, 0.6) is 0 Å². The molecule has 13 heavy (non-hydrogen) atoms. The van der Waals surface area contributed by atoms with Crippen LogP contribution in [0, 0.1) is 0 Å². The Balaban J connectivity index is 2.35. The molecule has 0 saturated carbocycles. The van der Waals surface area contributed by atoms with Crippen LogP contribution in [-0.2, 0) is 4.79 Å². The van der Waals surface area contributed by atoms with Crippen molar-refractivity contribution in [2.75, 3.05) is 5.32 Å². The van der Waals surface area contributed by atoms with E-state index in [0.29, 0.717) is 0 Å². The number of nitrogens with one attached hydrogen (secondary N) is 1. The predicted molar refractivity (Wildman–Crippen MR) is 52.7 cm³/mol. The average Bonchev–Trinajstić information content (AvgIpc) is 2.44. The van der Waals surface area contributed by atoms with Crippen molar-refractivity contribution in [3.8, 4) is 0 Å². The summed E-state index contributed by atoms with van der Waals surface area (Å²) in [5.74, 6) is 0.240. The third kappa shape index (κ3) is 1.32. The molecule has 1 amide bonds. The Hall–Kier alpha value is -1.31. The third-order valence-corrected chi connectivity index (χ3v) is 2.49. The van der Waals surface area contributed by atoms with Gasteiger partial charge in [0, 0.05) is 5.69 Å². The zero-order valence-electron chi connectivity index (χ0n) is 7.71. The van der Waals surface area contributed by atoms with Crippen molar-refractivity contribution in [3.05, 3.63) is 29.8 Å². The smallest absolute Gasteiger partial charge is 0.232 e. The van der Waals surface area contributed by atoms with Crippen LogP contribution in [0.1, 0.15) is 31.2 Å². The minimum atomic E-state index is 0.0844. The third-order valence-electron chi connectivity index (χ3n) is 2.49. The van der Waals surface area contributed by atoms with Gasteiger partial charge in [-0.25, -0.2) is 0 Å². The van der Waals surface area contributed by atoms with Gasteiger partial charge in [-0.2, -0.15) is 0 Å². The van der Waals surface area contributed by atoms with Gasteiger partial charge in [0.1, 0.15) is 0 Å². The van der Waals surface area contributed by atoms with Crippen LogP contribution in [0.4, 0.5) is 5.69 Å². The van der Waals surface area contributed by atoms with Crippen LogP contribution in [-0.4, -0.2) is 5.91 Å².